The molecule has 0 aliphatic carbocycles. The maximum Gasteiger partial charge on any atom is 0.216 e. The fourth-order valence-electron chi connectivity index (χ4n) is 1.75. The standard InChI is InChI=1S/C10H16ClNO3/c1-8(13)12-7-10(9(14)6-11)2-4-15-5-3-10/h2-7H2,1H3,(H,12,13). The number of hydrogen-bond donors (Lipinski definition) is 1. The fourth-order valence-corrected chi connectivity index (χ4v) is 2.04. The molecule has 0 unspecified atom stereocenters. The van der Waals surface area contributed by atoms with E-state index in [1.165, 1.54) is 6.92 Å². The summed E-state index contributed by atoms with van der Waals surface area (Å²) in [6.07, 6.45) is 1.28. The minimum atomic E-state index is -0.508. The normalized spacial score (nSPS) is 19.6. The zero-order valence-corrected chi connectivity index (χ0v) is 9.60. The molecule has 0 saturated carbocycles. The molecule has 0 atom stereocenters. The van der Waals surface area contributed by atoms with Gasteiger partial charge >= 0.3 is 0 Å². The molecule has 0 aromatic rings. The van der Waals surface area contributed by atoms with Gasteiger partial charge in [-0.25, -0.2) is 0 Å². The number of carbonyl (C=O) groups excluding carboxylic acids is 2. The van der Waals surface area contributed by atoms with Crippen LogP contribution in [0.5, 0.6) is 0 Å². The smallest absolute Gasteiger partial charge is 0.216 e. The molecule has 1 amide bonds. The van der Waals surface area contributed by atoms with Gasteiger partial charge in [-0.05, 0) is 12.8 Å². The van der Waals surface area contributed by atoms with Crippen molar-refractivity contribution < 1.29 is 14.3 Å². The topological polar surface area (TPSA) is 55.4 Å². The molecule has 0 aromatic heterocycles. The van der Waals surface area contributed by atoms with Gasteiger partial charge in [-0.1, -0.05) is 0 Å². The van der Waals surface area contributed by atoms with Crippen LogP contribution < -0.4 is 5.32 Å². The maximum atomic E-state index is 11.8. The van der Waals surface area contributed by atoms with Gasteiger partial charge in [-0.2, -0.15) is 0 Å². The number of Topliss-reactive ketones (excluding diaryl/α,β-unsaturated/α-hetero) is 1. The number of ether oxygens (including phenoxy) is 1. The molecule has 4 nitrogen and oxygen atoms in total. The van der Waals surface area contributed by atoms with E-state index >= 15 is 0 Å². The highest BCUT2D eigenvalue weighted by molar-refractivity contribution is 6.28. The molecule has 0 spiro atoms. The Labute approximate surface area is 94.3 Å². The summed E-state index contributed by atoms with van der Waals surface area (Å²) in [5.41, 5.74) is -0.508. The molecule has 1 aliphatic rings. The van der Waals surface area contributed by atoms with Crippen LogP contribution in [-0.2, 0) is 14.3 Å². The quantitative estimate of drug-likeness (QED) is 0.729. The minimum absolute atomic E-state index is 0.000412. The van der Waals surface area contributed by atoms with Gasteiger partial charge in [0.2, 0.25) is 5.91 Å². The Morgan fingerprint density at radius 3 is 2.47 bits per heavy atom. The Balaban J connectivity index is 2.66. The molecule has 1 aliphatic heterocycles. The highest BCUT2D eigenvalue weighted by atomic mass is 35.5. The predicted octanol–water partition coefficient (Wildman–Crippen LogP) is 0.727. The summed E-state index contributed by atoms with van der Waals surface area (Å²) in [4.78, 5) is 22.6. The Kier molecular flexibility index (Phi) is 4.54. The number of amides is 1. The van der Waals surface area contributed by atoms with E-state index in [9.17, 15) is 9.59 Å². The van der Waals surface area contributed by atoms with E-state index in [0.717, 1.165) is 0 Å². The number of rotatable bonds is 4. The number of carbonyl (C=O) groups is 2. The van der Waals surface area contributed by atoms with Crippen molar-refractivity contribution in [2.24, 2.45) is 5.41 Å². The first-order valence-electron chi connectivity index (χ1n) is 5.02. The minimum Gasteiger partial charge on any atom is -0.381 e. The van der Waals surface area contributed by atoms with Crippen LogP contribution in [0.25, 0.3) is 0 Å². The van der Waals surface area contributed by atoms with E-state index in [4.69, 9.17) is 16.3 Å². The molecule has 1 N–H and O–H groups in total. The molecule has 86 valence electrons. The second kappa shape index (κ2) is 5.47. The van der Waals surface area contributed by atoms with E-state index < -0.39 is 5.41 Å². The number of nitrogens with one attached hydrogen (secondary N) is 1. The third kappa shape index (κ3) is 3.18. The number of halogens is 1. The summed E-state index contributed by atoms with van der Waals surface area (Å²) >= 11 is 5.59. The first-order chi connectivity index (χ1) is 7.10. The van der Waals surface area contributed by atoms with E-state index in [1.807, 2.05) is 0 Å². The largest absolute Gasteiger partial charge is 0.381 e. The molecule has 1 saturated heterocycles. The lowest BCUT2D eigenvalue weighted by Gasteiger charge is -2.35. The second-order valence-electron chi connectivity index (χ2n) is 3.86. The van der Waals surface area contributed by atoms with Gasteiger partial charge in [0.15, 0.2) is 5.78 Å². The summed E-state index contributed by atoms with van der Waals surface area (Å²) in [5.74, 6) is -0.121. The average Bonchev–Trinajstić information content (AvgIpc) is 2.26. The first kappa shape index (κ1) is 12.5. The molecular formula is C10H16ClNO3. The van der Waals surface area contributed by atoms with Crippen molar-refractivity contribution in [2.75, 3.05) is 25.6 Å². The molecule has 1 rings (SSSR count). The Morgan fingerprint density at radius 1 is 1.40 bits per heavy atom. The van der Waals surface area contributed by atoms with Crippen LogP contribution in [0, 0.1) is 5.41 Å². The van der Waals surface area contributed by atoms with Crippen LogP contribution in [0.1, 0.15) is 19.8 Å². The molecule has 1 heterocycles. The Hall–Kier alpha value is -0.610. The second-order valence-corrected chi connectivity index (χ2v) is 4.13. The number of hydrogen-bond acceptors (Lipinski definition) is 3. The monoisotopic (exact) mass is 233 g/mol. The van der Waals surface area contributed by atoms with E-state index in [-0.39, 0.29) is 17.6 Å². The van der Waals surface area contributed by atoms with Crippen LogP contribution in [0.3, 0.4) is 0 Å². The Bertz CT molecular complexity index is 249. The summed E-state index contributed by atoms with van der Waals surface area (Å²) in [6, 6.07) is 0. The highest BCUT2D eigenvalue weighted by Gasteiger charge is 2.39. The zero-order chi connectivity index (χ0) is 11.3. The molecule has 1 fully saturated rings. The van der Waals surface area contributed by atoms with E-state index in [0.29, 0.717) is 32.6 Å². The predicted molar refractivity (Wildman–Crippen MR) is 56.9 cm³/mol. The van der Waals surface area contributed by atoms with Crippen molar-refractivity contribution >= 4 is 23.3 Å². The number of alkyl halides is 1. The van der Waals surface area contributed by atoms with Crippen molar-refractivity contribution in [3.8, 4) is 0 Å². The molecule has 0 aromatic carbocycles. The average molecular weight is 234 g/mol. The van der Waals surface area contributed by atoms with Crippen LogP contribution in [0.2, 0.25) is 0 Å². The third-order valence-corrected chi connectivity index (χ3v) is 3.08. The van der Waals surface area contributed by atoms with Crippen LogP contribution in [0.15, 0.2) is 0 Å². The summed E-state index contributed by atoms with van der Waals surface area (Å²) < 4.78 is 5.22. The van der Waals surface area contributed by atoms with Crippen molar-refractivity contribution in [3.63, 3.8) is 0 Å². The van der Waals surface area contributed by atoms with Gasteiger partial charge in [0.1, 0.15) is 0 Å². The molecule has 0 bridgehead atoms. The fraction of sp³-hybridized carbons (Fsp3) is 0.800. The third-order valence-electron chi connectivity index (χ3n) is 2.84. The lowest BCUT2D eigenvalue weighted by atomic mass is 9.77. The van der Waals surface area contributed by atoms with Gasteiger partial charge < -0.3 is 10.1 Å². The zero-order valence-electron chi connectivity index (χ0n) is 8.85. The van der Waals surface area contributed by atoms with Crippen molar-refractivity contribution in [1.29, 1.82) is 0 Å². The summed E-state index contributed by atoms with van der Waals surface area (Å²) in [5, 5.41) is 2.70. The van der Waals surface area contributed by atoms with Gasteiger partial charge in [-0.3, -0.25) is 9.59 Å². The van der Waals surface area contributed by atoms with Crippen molar-refractivity contribution in [1.82, 2.24) is 5.32 Å². The summed E-state index contributed by atoms with van der Waals surface area (Å²) in [6.45, 7) is 2.93. The van der Waals surface area contributed by atoms with Gasteiger partial charge in [-0.15, -0.1) is 11.6 Å². The SMILES string of the molecule is CC(=O)NCC1(C(=O)CCl)CCOCC1. The summed E-state index contributed by atoms with van der Waals surface area (Å²) in [7, 11) is 0. The lowest BCUT2D eigenvalue weighted by Crippen LogP contribution is -2.46. The van der Waals surface area contributed by atoms with E-state index in [2.05, 4.69) is 5.32 Å². The molecule has 15 heavy (non-hydrogen) atoms. The maximum absolute atomic E-state index is 11.8. The first-order valence-corrected chi connectivity index (χ1v) is 5.56. The van der Waals surface area contributed by atoms with Crippen molar-refractivity contribution in [2.45, 2.75) is 19.8 Å². The van der Waals surface area contributed by atoms with E-state index in [1.54, 1.807) is 0 Å². The Morgan fingerprint density at radius 2 is 2.00 bits per heavy atom. The van der Waals surface area contributed by atoms with Gasteiger partial charge in [0, 0.05) is 26.7 Å². The highest BCUT2D eigenvalue weighted by Crippen LogP contribution is 2.31. The van der Waals surface area contributed by atoms with Gasteiger partial charge in [0.25, 0.3) is 0 Å². The lowest BCUT2D eigenvalue weighted by molar-refractivity contribution is -0.132. The molecule has 0 radical (unpaired) electrons. The van der Waals surface area contributed by atoms with Crippen LogP contribution >= 0.6 is 11.6 Å². The van der Waals surface area contributed by atoms with Crippen LogP contribution in [0.4, 0.5) is 0 Å². The van der Waals surface area contributed by atoms with Crippen LogP contribution in [-0.4, -0.2) is 37.3 Å². The molecule has 5 heteroatoms. The van der Waals surface area contributed by atoms with Crippen molar-refractivity contribution in [3.05, 3.63) is 0 Å². The molecular weight excluding hydrogens is 218 g/mol. The number of ketones is 1. The van der Waals surface area contributed by atoms with Gasteiger partial charge in [0.05, 0.1) is 11.3 Å².